The molecular weight excluding hydrogens is 246 g/mol. The van der Waals surface area contributed by atoms with Crippen LogP contribution in [0.3, 0.4) is 0 Å². The summed E-state index contributed by atoms with van der Waals surface area (Å²) in [4.78, 5) is 4.53. The first kappa shape index (κ1) is 12.0. The molecule has 0 aromatic carbocycles. The van der Waals surface area contributed by atoms with Gasteiger partial charge in [0.05, 0.1) is 5.52 Å². The quantitative estimate of drug-likeness (QED) is 0.903. The summed E-state index contributed by atoms with van der Waals surface area (Å²) in [6.45, 7) is 3.20. The molecular formula is C14H18ClN3. The molecule has 0 aliphatic carbocycles. The zero-order valence-corrected chi connectivity index (χ0v) is 11.4. The highest BCUT2D eigenvalue weighted by molar-refractivity contribution is 6.32. The summed E-state index contributed by atoms with van der Waals surface area (Å²) in [5, 5.41) is 4.18. The Labute approximate surface area is 112 Å². The molecule has 1 fully saturated rings. The van der Waals surface area contributed by atoms with Crippen molar-refractivity contribution in [3.63, 3.8) is 0 Å². The number of rotatable bonds is 2. The van der Waals surface area contributed by atoms with Gasteiger partial charge in [0.2, 0.25) is 0 Å². The van der Waals surface area contributed by atoms with E-state index in [1.165, 1.54) is 24.8 Å². The molecule has 2 aromatic heterocycles. The minimum Gasteiger partial charge on any atom is -0.314 e. The minimum absolute atomic E-state index is 0.543. The number of fused-ring (bicyclic) bond motifs is 1. The van der Waals surface area contributed by atoms with Crippen LogP contribution in [0.2, 0.25) is 5.15 Å². The zero-order valence-electron chi connectivity index (χ0n) is 10.6. The first-order valence-electron chi connectivity index (χ1n) is 6.61. The van der Waals surface area contributed by atoms with Crippen molar-refractivity contribution in [2.75, 3.05) is 6.54 Å². The van der Waals surface area contributed by atoms with Crippen LogP contribution in [0.15, 0.2) is 18.3 Å². The molecule has 0 spiro atoms. The van der Waals surface area contributed by atoms with Gasteiger partial charge in [-0.05, 0) is 37.9 Å². The lowest BCUT2D eigenvalue weighted by molar-refractivity contribution is 0.394. The Balaban J connectivity index is 1.94. The van der Waals surface area contributed by atoms with E-state index in [9.17, 15) is 0 Å². The molecule has 3 heterocycles. The molecule has 1 atom stereocenters. The van der Waals surface area contributed by atoms with Gasteiger partial charge in [0, 0.05) is 18.7 Å². The fourth-order valence-electron chi connectivity index (χ4n) is 2.78. The van der Waals surface area contributed by atoms with Gasteiger partial charge in [-0.25, -0.2) is 4.98 Å². The smallest absolute Gasteiger partial charge is 0.155 e. The van der Waals surface area contributed by atoms with Gasteiger partial charge in [-0.3, -0.25) is 0 Å². The summed E-state index contributed by atoms with van der Waals surface area (Å²) in [7, 11) is 0. The van der Waals surface area contributed by atoms with Crippen molar-refractivity contribution in [3.05, 3.63) is 34.9 Å². The van der Waals surface area contributed by atoms with Gasteiger partial charge >= 0.3 is 0 Å². The molecule has 0 amide bonds. The first-order chi connectivity index (χ1) is 8.75. The molecule has 1 aliphatic rings. The Morgan fingerprint density at radius 3 is 3.17 bits per heavy atom. The number of pyridine rings is 1. The van der Waals surface area contributed by atoms with Crippen LogP contribution in [0.4, 0.5) is 0 Å². The van der Waals surface area contributed by atoms with Crippen molar-refractivity contribution in [2.24, 2.45) is 0 Å². The molecule has 0 saturated carbocycles. The Bertz CT molecular complexity index is 555. The average Bonchev–Trinajstić information content (AvgIpc) is 2.69. The largest absolute Gasteiger partial charge is 0.314 e. The molecule has 96 valence electrons. The second kappa shape index (κ2) is 4.90. The summed E-state index contributed by atoms with van der Waals surface area (Å²) in [5.74, 6) is 1.07. The van der Waals surface area contributed by atoms with E-state index < -0.39 is 0 Å². The normalized spacial score (nSPS) is 20.4. The standard InChI is InChI=1S/C14H18ClN3/c1-10-5-4-8-18-12(17-14(15)13(10)18)9-11-6-2-3-7-16-11/h4-5,8,11,16H,2-3,6-7,9H2,1H3. The van der Waals surface area contributed by atoms with Gasteiger partial charge in [0.15, 0.2) is 5.15 Å². The summed E-state index contributed by atoms with van der Waals surface area (Å²) in [5.41, 5.74) is 2.22. The van der Waals surface area contributed by atoms with E-state index in [2.05, 4.69) is 40.0 Å². The van der Waals surface area contributed by atoms with Crippen LogP contribution in [0.25, 0.3) is 5.52 Å². The number of nitrogens with one attached hydrogen (secondary N) is 1. The average molecular weight is 264 g/mol. The fourth-order valence-corrected chi connectivity index (χ4v) is 3.11. The second-order valence-electron chi connectivity index (χ2n) is 5.08. The molecule has 1 unspecified atom stereocenters. The van der Waals surface area contributed by atoms with E-state index >= 15 is 0 Å². The number of hydrogen-bond donors (Lipinski definition) is 1. The molecule has 2 aromatic rings. The number of aryl methyl sites for hydroxylation is 1. The van der Waals surface area contributed by atoms with Crippen LogP contribution in [0, 0.1) is 6.92 Å². The van der Waals surface area contributed by atoms with Crippen LogP contribution in [-0.4, -0.2) is 22.0 Å². The van der Waals surface area contributed by atoms with Gasteiger partial charge in [-0.1, -0.05) is 24.1 Å². The van der Waals surface area contributed by atoms with Crippen LogP contribution in [0.1, 0.15) is 30.7 Å². The molecule has 0 bridgehead atoms. The second-order valence-corrected chi connectivity index (χ2v) is 5.44. The lowest BCUT2D eigenvalue weighted by atomic mass is 10.0. The molecule has 1 saturated heterocycles. The Morgan fingerprint density at radius 2 is 2.39 bits per heavy atom. The van der Waals surface area contributed by atoms with E-state index in [-0.39, 0.29) is 0 Å². The maximum atomic E-state index is 6.25. The fraction of sp³-hybridized carbons (Fsp3) is 0.500. The summed E-state index contributed by atoms with van der Waals surface area (Å²) in [6.07, 6.45) is 6.85. The monoisotopic (exact) mass is 263 g/mol. The van der Waals surface area contributed by atoms with Crippen LogP contribution < -0.4 is 5.32 Å². The number of aromatic nitrogens is 2. The summed E-state index contributed by atoms with van der Waals surface area (Å²) in [6, 6.07) is 4.67. The molecule has 0 radical (unpaired) electrons. The molecule has 18 heavy (non-hydrogen) atoms. The number of nitrogens with zero attached hydrogens (tertiary/aromatic N) is 2. The van der Waals surface area contributed by atoms with Crippen molar-refractivity contribution >= 4 is 17.1 Å². The highest BCUT2D eigenvalue weighted by Crippen LogP contribution is 2.23. The summed E-state index contributed by atoms with van der Waals surface area (Å²) >= 11 is 6.25. The van der Waals surface area contributed by atoms with Crippen molar-refractivity contribution in [2.45, 2.75) is 38.6 Å². The predicted molar refractivity (Wildman–Crippen MR) is 74.3 cm³/mol. The molecule has 3 nitrogen and oxygen atoms in total. The van der Waals surface area contributed by atoms with E-state index in [0.29, 0.717) is 11.2 Å². The van der Waals surface area contributed by atoms with Crippen LogP contribution >= 0.6 is 11.6 Å². The van der Waals surface area contributed by atoms with Gasteiger partial charge in [-0.15, -0.1) is 0 Å². The predicted octanol–water partition coefficient (Wildman–Crippen LogP) is 2.98. The Kier molecular flexibility index (Phi) is 3.27. The zero-order chi connectivity index (χ0) is 12.5. The lowest BCUT2D eigenvalue weighted by Crippen LogP contribution is -2.36. The maximum absolute atomic E-state index is 6.25. The van der Waals surface area contributed by atoms with Crippen molar-refractivity contribution in [1.29, 1.82) is 0 Å². The third-order valence-corrected chi connectivity index (χ3v) is 4.00. The highest BCUT2D eigenvalue weighted by Gasteiger charge is 2.17. The molecule has 1 N–H and O–H groups in total. The van der Waals surface area contributed by atoms with Gasteiger partial charge < -0.3 is 9.72 Å². The van der Waals surface area contributed by atoms with Gasteiger partial charge in [0.25, 0.3) is 0 Å². The van der Waals surface area contributed by atoms with E-state index in [0.717, 1.165) is 24.3 Å². The van der Waals surface area contributed by atoms with E-state index in [1.54, 1.807) is 0 Å². The van der Waals surface area contributed by atoms with Crippen molar-refractivity contribution in [3.8, 4) is 0 Å². The molecule has 4 heteroatoms. The molecule has 3 rings (SSSR count). The van der Waals surface area contributed by atoms with Gasteiger partial charge in [-0.2, -0.15) is 0 Å². The number of halogens is 1. The Hall–Kier alpha value is -1.06. The third kappa shape index (κ3) is 2.13. The van der Waals surface area contributed by atoms with Crippen molar-refractivity contribution < 1.29 is 0 Å². The van der Waals surface area contributed by atoms with Gasteiger partial charge in [0.1, 0.15) is 5.82 Å². The topological polar surface area (TPSA) is 29.3 Å². The number of piperidine rings is 1. The number of imidazole rings is 1. The number of hydrogen-bond acceptors (Lipinski definition) is 2. The first-order valence-corrected chi connectivity index (χ1v) is 6.99. The minimum atomic E-state index is 0.543. The van der Waals surface area contributed by atoms with Crippen LogP contribution in [-0.2, 0) is 6.42 Å². The lowest BCUT2D eigenvalue weighted by Gasteiger charge is -2.22. The Morgan fingerprint density at radius 1 is 1.50 bits per heavy atom. The SMILES string of the molecule is Cc1cccn2c(CC3CCCCN3)nc(Cl)c12. The van der Waals surface area contributed by atoms with Crippen LogP contribution in [0.5, 0.6) is 0 Å². The van der Waals surface area contributed by atoms with Crippen molar-refractivity contribution in [1.82, 2.24) is 14.7 Å². The van der Waals surface area contributed by atoms with E-state index in [1.807, 2.05) is 0 Å². The summed E-state index contributed by atoms with van der Waals surface area (Å²) < 4.78 is 2.13. The third-order valence-electron chi connectivity index (χ3n) is 3.74. The maximum Gasteiger partial charge on any atom is 0.155 e. The van der Waals surface area contributed by atoms with E-state index in [4.69, 9.17) is 11.6 Å². The highest BCUT2D eigenvalue weighted by atomic mass is 35.5. The molecule has 1 aliphatic heterocycles.